The van der Waals surface area contributed by atoms with Crippen LogP contribution in [-0.2, 0) is 10.8 Å². The third-order valence-electron chi connectivity index (χ3n) is 15.6. The zero-order chi connectivity index (χ0) is 49.0. The van der Waals surface area contributed by atoms with Crippen LogP contribution in [0.5, 0.6) is 0 Å². The van der Waals surface area contributed by atoms with E-state index in [-0.39, 0.29) is 10.8 Å². The Labute approximate surface area is 428 Å². The normalized spacial score (nSPS) is 13.7. The molecule has 0 radical (unpaired) electrons. The first-order valence-corrected chi connectivity index (χ1v) is 25.5. The van der Waals surface area contributed by atoms with Crippen LogP contribution < -0.4 is 5.46 Å². The van der Waals surface area contributed by atoms with Gasteiger partial charge in [-0.25, -0.2) is 0 Å². The number of hydrogen-bond donors (Lipinski definition) is 2. The quantitative estimate of drug-likeness (QED) is 0.169. The lowest BCUT2D eigenvalue weighted by Crippen LogP contribution is -2.34. The molecule has 0 bridgehead atoms. The van der Waals surface area contributed by atoms with Crippen molar-refractivity contribution in [2.45, 2.75) is 38.5 Å². The first-order chi connectivity index (χ1) is 35.0. The van der Waals surface area contributed by atoms with E-state index < -0.39 is 7.12 Å². The molecule has 10 aromatic carbocycles. The van der Waals surface area contributed by atoms with Crippen molar-refractivity contribution < 1.29 is 10.0 Å². The minimum Gasteiger partial charge on any atom is -0.423 e. The SMILES string of the molecule is CC1(C)c2cc(B(O)O)ccc2-n2c3ccc(-c4ccccc4)cc3c3cc(-c4ccccc4)cc1c32.CC1(C)c2cc(Br)ccc2-n2c3ccc(-c4ccccc4)cc3c3cc(-c4ccccc4)cc1c32. The summed E-state index contributed by atoms with van der Waals surface area (Å²) in [7, 11) is -1.51. The second kappa shape index (κ2) is 16.7. The smallest absolute Gasteiger partial charge is 0.423 e. The fourth-order valence-electron chi connectivity index (χ4n) is 11.9. The minimum atomic E-state index is -1.51. The number of aromatic nitrogens is 2. The molecule has 2 N–H and O–H groups in total. The van der Waals surface area contributed by atoms with Crippen LogP contribution >= 0.6 is 15.9 Å². The Morgan fingerprint density at radius 3 is 1.14 bits per heavy atom. The summed E-state index contributed by atoms with van der Waals surface area (Å²) in [5.74, 6) is 0. The van der Waals surface area contributed by atoms with Gasteiger partial charge in [-0.2, -0.15) is 0 Å². The molecule has 0 saturated heterocycles. The van der Waals surface area contributed by atoms with E-state index in [1.54, 1.807) is 0 Å². The van der Waals surface area contributed by atoms with Crippen molar-refractivity contribution in [2.75, 3.05) is 0 Å². The average molecular weight is 994 g/mol. The molecule has 4 nitrogen and oxygen atoms in total. The predicted molar refractivity (Wildman–Crippen MR) is 305 cm³/mol. The molecule has 2 aromatic heterocycles. The summed E-state index contributed by atoms with van der Waals surface area (Å²) in [5.41, 5.74) is 22.1. The molecule has 346 valence electrons. The van der Waals surface area contributed by atoms with Crippen molar-refractivity contribution in [3.05, 3.63) is 245 Å². The molecule has 0 spiro atoms. The monoisotopic (exact) mass is 992 g/mol. The summed E-state index contributed by atoms with van der Waals surface area (Å²) in [6.45, 7) is 9.19. The maximum absolute atomic E-state index is 9.96. The van der Waals surface area contributed by atoms with Gasteiger partial charge in [-0.05, 0) is 145 Å². The molecule has 0 unspecified atom stereocenters. The van der Waals surface area contributed by atoms with Gasteiger partial charge >= 0.3 is 7.12 Å². The molecular weight excluding hydrogens is 943 g/mol. The van der Waals surface area contributed by atoms with E-state index in [1.807, 2.05) is 30.3 Å². The number of rotatable bonds is 5. The minimum absolute atomic E-state index is 0.130. The number of hydrogen-bond acceptors (Lipinski definition) is 2. The van der Waals surface area contributed by atoms with Gasteiger partial charge in [0.1, 0.15) is 0 Å². The first-order valence-electron chi connectivity index (χ1n) is 24.7. The Hall–Kier alpha value is -7.74. The maximum atomic E-state index is 9.96. The number of halogens is 1. The van der Waals surface area contributed by atoms with Gasteiger partial charge in [0, 0.05) is 36.8 Å². The molecule has 0 aliphatic carbocycles. The van der Waals surface area contributed by atoms with Crippen LogP contribution in [0.2, 0.25) is 0 Å². The lowest BCUT2D eigenvalue weighted by Gasteiger charge is -2.35. The fraction of sp³-hybridized carbons (Fsp3) is 0.0909. The molecular formula is C66H50BBrN2O2. The highest BCUT2D eigenvalue weighted by molar-refractivity contribution is 9.10. The van der Waals surface area contributed by atoms with Crippen molar-refractivity contribution in [3.8, 4) is 55.9 Å². The summed E-state index contributed by atoms with van der Waals surface area (Å²) >= 11 is 3.74. The van der Waals surface area contributed by atoms with E-state index in [0.717, 1.165) is 21.2 Å². The van der Waals surface area contributed by atoms with Crippen molar-refractivity contribution >= 4 is 72.1 Å². The van der Waals surface area contributed by atoms with Gasteiger partial charge in [0.25, 0.3) is 0 Å². The number of fused-ring (bicyclic) bond motifs is 10. The number of nitrogens with zero attached hydrogens (tertiary/aromatic N) is 2. The summed E-state index contributed by atoms with van der Waals surface area (Å²) < 4.78 is 5.96. The van der Waals surface area contributed by atoms with Crippen LogP contribution in [0.4, 0.5) is 0 Å². The largest absolute Gasteiger partial charge is 0.488 e. The van der Waals surface area contributed by atoms with Crippen molar-refractivity contribution in [2.24, 2.45) is 0 Å². The van der Waals surface area contributed by atoms with E-state index >= 15 is 0 Å². The van der Waals surface area contributed by atoms with E-state index in [9.17, 15) is 10.0 Å². The third-order valence-corrected chi connectivity index (χ3v) is 16.1. The highest BCUT2D eigenvalue weighted by Gasteiger charge is 2.38. The molecule has 2 aliphatic rings. The molecule has 72 heavy (non-hydrogen) atoms. The molecule has 0 saturated carbocycles. The Kier molecular flexibility index (Phi) is 10.2. The van der Waals surface area contributed by atoms with E-state index in [4.69, 9.17) is 0 Å². The second-order valence-corrected chi connectivity index (χ2v) is 21.4. The Morgan fingerprint density at radius 1 is 0.347 bits per heavy atom. The Morgan fingerprint density at radius 2 is 0.722 bits per heavy atom. The Balaban J connectivity index is 0.000000140. The lowest BCUT2D eigenvalue weighted by molar-refractivity contribution is 0.425. The summed E-state index contributed by atoms with van der Waals surface area (Å²) in [4.78, 5) is 0. The molecule has 0 amide bonds. The number of benzene rings is 10. The van der Waals surface area contributed by atoms with Gasteiger partial charge < -0.3 is 19.2 Å². The molecule has 4 heterocycles. The van der Waals surface area contributed by atoms with E-state index in [1.165, 1.54) is 105 Å². The van der Waals surface area contributed by atoms with Crippen LogP contribution in [0, 0.1) is 0 Å². The van der Waals surface area contributed by atoms with Gasteiger partial charge in [0.2, 0.25) is 0 Å². The van der Waals surface area contributed by atoms with E-state index in [2.05, 4.69) is 241 Å². The predicted octanol–water partition coefficient (Wildman–Crippen LogP) is 16.0. The third kappa shape index (κ3) is 6.88. The highest BCUT2D eigenvalue weighted by atomic mass is 79.9. The molecule has 0 fully saturated rings. The van der Waals surface area contributed by atoms with Crippen LogP contribution in [0.25, 0.3) is 99.5 Å². The van der Waals surface area contributed by atoms with Crippen LogP contribution in [0.15, 0.2) is 223 Å². The summed E-state index contributed by atoms with van der Waals surface area (Å²) in [6.07, 6.45) is 0. The summed E-state index contributed by atoms with van der Waals surface area (Å²) in [6, 6.07) is 78.1. The van der Waals surface area contributed by atoms with Crippen molar-refractivity contribution in [1.29, 1.82) is 0 Å². The topological polar surface area (TPSA) is 50.3 Å². The second-order valence-electron chi connectivity index (χ2n) is 20.5. The Bertz CT molecular complexity index is 4120. The van der Waals surface area contributed by atoms with Gasteiger partial charge in [0.15, 0.2) is 0 Å². The van der Waals surface area contributed by atoms with Gasteiger partial charge in [0.05, 0.1) is 33.4 Å². The zero-order valence-corrected chi connectivity index (χ0v) is 42.1. The maximum Gasteiger partial charge on any atom is 0.488 e. The molecule has 0 atom stereocenters. The van der Waals surface area contributed by atoms with Crippen LogP contribution in [0.1, 0.15) is 49.9 Å². The van der Waals surface area contributed by atoms with Crippen molar-refractivity contribution in [3.63, 3.8) is 0 Å². The first kappa shape index (κ1) is 44.2. The highest BCUT2D eigenvalue weighted by Crippen LogP contribution is 2.51. The van der Waals surface area contributed by atoms with Crippen LogP contribution in [0.3, 0.4) is 0 Å². The lowest BCUT2D eigenvalue weighted by atomic mass is 9.70. The van der Waals surface area contributed by atoms with Crippen LogP contribution in [-0.4, -0.2) is 26.3 Å². The fourth-order valence-corrected chi connectivity index (χ4v) is 12.2. The zero-order valence-electron chi connectivity index (χ0n) is 40.5. The standard InChI is InChI=1S/C33H26BNO2.C33H24BrN/c1-33(2)28-20-25(34(36)37)14-16-31(28)35-30-15-13-23(21-9-5-3-6-10-21)17-26(30)27-18-24(19-29(33)32(27)35)22-11-7-4-8-12-22;1-33(2)28-20-25(34)14-16-31(28)35-30-15-13-23(21-9-5-3-6-10-21)17-26(30)27-18-24(19-29(33)32(27)35)22-11-7-4-8-12-22/h3-20,36-37H,1-2H3;3-20H,1-2H3. The average Bonchev–Trinajstić information content (AvgIpc) is 3.93. The molecule has 14 rings (SSSR count). The summed E-state index contributed by atoms with van der Waals surface area (Å²) in [5, 5.41) is 25.0. The van der Waals surface area contributed by atoms with Gasteiger partial charge in [-0.15, -0.1) is 0 Å². The van der Waals surface area contributed by atoms with E-state index in [0.29, 0.717) is 5.46 Å². The van der Waals surface area contributed by atoms with Gasteiger partial charge in [-0.1, -0.05) is 189 Å². The molecule has 12 aromatic rings. The molecule has 6 heteroatoms. The van der Waals surface area contributed by atoms with Crippen molar-refractivity contribution in [1.82, 2.24) is 9.13 Å². The molecule has 2 aliphatic heterocycles. The van der Waals surface area contributed by atoms with Gasteiger partial charge in [-0.3, -0.25) is 0 Å².